The Labute approximate surface area is 168 Å². The first-order valence-corrected chi connectivity index (χ1v) is 9.32. The van der Waals surface area contributed by atoms with Gasteiger partial charge < -0.3 is 10.6 Å². The van der Waals surface area contributed by atoms with Gasteiger partial charge in [0.05, 0.1) is 4.92 Å². The van der Waals surface area contributed by atoms with Gasteiger partial charge in [-0.15, -0.1) is 0 Å². The van der Waals surface area contributed by atoms with Crippen molar-refractivity contribution in [2.45, 2.75) is 26.2 Å². The number of rotatable bonds is 8. The third-order valence-electron chi connectivity index (χ3n) is 4.15. The van der Waals surface area contributed by atoms with Crippen LogP contribution in [-0.4, -0.2) is 14.9 Å². The molecule has 8 heteroatoms. The van der Waals surface area contributed by atoms with Crippen molar-refractivity contribution in [1.82, 2.24) is 9.97 Å². The number of unbranched alkanes of at least 4 members (excludes halogenated alkanes) is 1. The molecule has 0 saturated heterocycles. The van der Waals surface area contributed by atoms with E-state index in [2.05, 4.69) is 27.5 Å². The topological polar surface area (TPSA) is 93.0 Å². The van der Waals surface area contributed by atoms with Gasteiger partial charge in [0.1, 0.15) is 6.33 Å². The number of hydrogen-bond donors (Lipinski definition) is 2. The number of benzene rings is 2. The predicted octanol–water partition coefficient (Wildman–Crippen LogP) is 5.87. The molecule has 0 spiro atoms. The molecule has 0 saturated carbocycles. The van der Waals surface area contributed by atoms with Crippen LogP contribution in [0.5, 0.6) is 0 Å². The Bertz CT molecular complexity index is 946. The zero-order valence-electron chi connectivity index (χ0n) is 15.4. The van der Waals surface area contributed by atoms with Gasteiger partial charge in [-0.2, -0.15) is 0 Å². The Kier molecular flexibility index (Phi) is 6.39. The highest BCUT2D eigenvalue weighted by Gasteiger charge is 2.23. The van der Waals surface area contributed by atoms with Crippen molar-refractivity contribution in [1.29, 1.82) is 0 Å². The van der Waals surface area contributed by atoms with Gasteiger partial charge >= 0.3 is 5.69 Å². The smallest absolute Gasteiger partial charge is 0.334 e. The Morgan fingerprint density at radius 3 is 2.00 bits per heavy atom. The van der Waals surface area contributed by atoms with E-state index in [1.165, 1.54) is 11.9 Å². The molecule has 2 aromatic carbocycles. The molecule has 0 aliphatic carbocycles. The monoisotopic (exact) mass is 397 g/mol. The van der Waals surface area contributed by atoms with E-state index in [4.69, 9.17) is 11.6 Å². The molecule has 0 atom stereocenters. The SMILES string of the molecule is CCCCc1ccc(Nc2ncnc(Nc3ccc(Cl)cc3)c2[N+](=O)[O-])cc1. The molecule has 144 valence electrons. The molecule has 1 heterocycles. The lowest BCUT2D eigenvalue weighted by molar-refractivity contribution is -0.383. The normalized spacial score (nSPS) is 10.5. The molecule has 1 aromatic heterocycles. The lowest BCUT2D eigenvalue weighted by atomic mass is 10.1. The standard InChI is InChI=1S/C20H20ClN5O2/c1-2-3-4-14-5-9-16(10-6-14)24-19-18(26(27)28)20(23-13-22-19)25-17-11-7-15(21)8-12-17/h5-13H,2-4H2,1H3,(H2,22,23,24,25). The Balaban J connectivity index is 1.84. The van der Waals surface area contributed by atoms with Crippen LogP contribution >= 0.6 is 11.6 Å². The summed E-state index contributed by atoms with van der Waals surface area (Å²) < 4.78 is 0. The molecule has 0 aliphatic rings. The van der Waals surface area contributed by atoms with E-state index in [9.17, 15) is 10.1 Å². The van der Waals surface area contributed by atoms with E-state index >= 15 is 0 Å². The highest BCUT2D eigenvalue weighted by molar-refractivity contribution is 6.30. The maximum Gasteiger partial charge on any atom is 0.353 e. The molecule has 0 amide bonds. The van der Waals surface area contributed by atoms with Crippen molar-refractivity contribution in [3.05, 3.63) is 75.6 Å². The molecular formula is C20H20ClN5O2. The summed E-state index contributed by atoms with van der Waals surface area (Å²) in [6.07, 6.45) is 4.56. The minimum Gasteiger partial charge on any atom is -0.334 e. The van der Waals surface area contributed by atoms with Gasteiger partial charge in [0.15, 0.2) is 0 Å². The Hall–Kier alpha value is -3.19. The van der Waals surface area contributed by atoms with E-state index in [-0.39, 0.29) is 17.3 Å². The number of anilines is 4. The molecule has 0 fully saturated rings. The predicted molar refractivity (Wildman–Crippen MR) is 112 cm³/mol. The van der Waals surface area contributed by atoms with E-state index in [0.29, 0.717) is 10.7 Å². The summed E-state index contributed by atoms with van der Waals surface area (Å²) >= 11 is 5.88. The first kappa shape index (κ1) is 19.6. The second-order valence-corrected chi connectivity index (χ2v) is 6.67. The maximum absolute atomic E-state index is 11.7. The van der Waals surface area contributed by atoms with Crippen molar-refractivity contribution in [3.8, 4) is 0 Å². The van der Waals surface area contributed by atoms with Crippen LogP contribution in [-0.2, 0) is 6.42 Å². The van der Waals surface area contributed by atoms with Crippen molar-refractivity contribution >= 4 is 40.3 Å². The van der Waals surface area contributed by atoms with Crippen LogP contribution in [0.1, 0.15) is 25.3 Å². The second kappa shape index (κ2) is 9.14. The number of aryl methyl sites for hydroxylation is 1. The molecule has 0 unspecified atom stereocenters. The molecule has 2 N–H and O–H groups in total. The number of aromatic nitrogens is 2. The lowest BCUT2D eigenvalue weighted by Gasteiger charge is -2.10. The fraction of sp³-hybridized carbons (Fsp3) is 0.200. The maximum atomic E-state index is 11.7. The lowest BCUT2D eigenvalue weighted by Crippen LogP contribution is -2.05. The van der Waals surface area contributed by atoms with E-state index in [1.54, 1.807) is 24.3 Å². The number of halogens is 1. The van der Waals surface area contributed by atoms with Crippen LogP contribution in [0.15, 0.2) is 54.9 Å². The van der Waals surface area contributed by atoms with Gasteiger partial charge in [0, 0.05) is 16.4 Å². The molecule has 0 aliphatic heterocycles. The van der Waals surface area contributed by atoms with Crippen LogP contribution in [0.4, 0.5) is 28.7 Å². The summed E-state index contributed by atoms with van der Waals surface area (Å²) in [5, 5.41) is 18.2. The quantitative estimate of drug-likeness (QED) is 0.365. The fourth-order valence-electron chi connectivity index (χ4n) is 2.68. The first-order chi connectivity index (χ1) is 13.6. The van der Waals surface area contributed by atoms with Gasteiger partial charge in [0.25, 0.3) is 0 Å². The van der Waals surface area contributed by atoms with Gasteiger partial charge in [-0.25, -0.2) is 9.97 Å². The van der Waals surface area contributed by atoms with Crippen LogP contribution < -0.4 is 10.6 Å². The van der Waals surface area contributed by atoms with Crippen molar-refractivity contribution in [2.75, 3.05) is 10.6 Å². The molecule has 0 bridgehead atoms. The highest BCUT2D eigenvalue weighted by Crippen LogP contribution is 2.33. The van der Waals surface area contributed by atoms with E-state index in [1.807, 2.05) is 24.3 Å². The third kappa shape index (κ3) is 4.95. The zero-order chi connectivity index (χ0) is 19.9. The van der Waals surface area contributed by atoms with E-state index < -0.39 is 4.92 Å². The van der Waals surface area contributed by atoms with Crippen LogP contribution in [0.25, 0.3) is 0 Å². The van der Waals surface area contributed by atoms with Crippen molar-refractivity contribution in [3.63, 3.8) is 0 Å². The van der Waals surface area contributed by atoms with Gasteiger partial charge in [-0.1, -0.05) is 37.1 Å². The van der Waals surface area contributed by atoms with E-state index in [0.717, 1.165) is 24.9 Å². The largest absolute Gasteiger partial charge is 0.353 e. The van der Waals surface area contributed by atoms with Crippen molar-refractivity contribution in [2.24, 2.45) is 0 Å². The van der Waals surface area contributed by atoms with Gasteiger partial charge in [-0.3, -0.25) is 10.1 Å². The number of nitrogens with one attached hydrogen (secondary N) is 2. The molecule has 7 nitrogen and oxygen atoms in total. The molecule has 28 heavy (non-hydrogen) atoms. The number of nitro groups is 1. The molecular weight excluding hydrogens is 378 g/mol. The second-order valence-electron chi connectivity index (χ2n) is 6.23. The fourth-order valence-corrected chi connectivity index (χ4v) is 2.80. The van der Waals surface area contributed by atoms with Crippen molar-refractivity contribution < 1.29 is 4.92 Å². The first-order valence-electron chi connectivity index (χ1n) is 8.94. The minimum absolute atomic E-state index is 0.101. The zero-order valence-corrected chi connectivity index (χ0v) is 16.1. The summed E-state index contributed by atoms with van der Waals surface area (Å²) in [4.78, 5) is 19.3. The van der Waals surface area contributed by atoms with Crippen LogP contribution in [0.2, 0.25) is 5.02 Å². The number of nitrogens with zero attached hydrogens (tertiary/aromatic N) is 3. The van der Waals surface area contributed by atoms with Gasteiger partial charge in [0.2, 0.25) is 11.6 Å². The highest BCUT2D eigenvalue weighted by atomic mass is 35.5. The average molecular weight is 398 g/mol. The number of hydrogen-bond acceptors (Lipinski definition) is 6. The minimum atomic E-state index is -0.504. The summed E-state index contributed by atoms with van der Waals surface area (Å²) in [6, 6.07) is 14.6. The Morgan fingerprint density at radius 1 is 0.964 bits per heavy atom. The van der Waals surface area contributed by atoms with Gasteiger partial charge in [-0.05, 0) is 54.8 Å². The Morgan fingerprint density at radius 2 is 1.50 bits per heavy atom. The average Bonchev–Trinajstić information content (AvgIpc) is 2.69. The summed E-state index contributed by atoms with van der Waals surface area (Å²) in [5.41, 5.74) is 2.36. The summed E-state index contributed by atoms with van der Waals surface area (Å²) in [7, 11) is 0. The third-order valence-corrected chi connectivity index (χ3v) is 4.40. The van der Waals surface area contributed by atoms with Crippen LogP contribution in [0.3, 0.4) is 0 Å². The molecule has 3 aromatic rings. The van der Waals surface area contributed by atoms with Crippen LogP contribution in [0, 0.1) is 10.1 Å². The summed E-state index contributed by atoms with van der Waals surface area (Å²) in [6.45, 7) is 2.15. The molecule has 0 radical (unpaired) electrons. The molecule has 3 rings (SSSR count). The summed E-state index contributed by atoms with van der Waals surface area (Å²) in [5.74, 6) is 0.224.